The van der Waals surface area contributed by atoms with Crippen molar-refractivity contribution in [2.24, 2.45) is 4.99 Å². The molecule has 28 heavy (non-hydrogen) atoms. The second-order valence-electron chi connectivity index (χ2n) is 7.51. The minimum Gasteiger partial charge on any atom is -0.361 e. The number of aromatic amines is 1. The zero-order chi connectivity index (χ0) is 19.1. The number of H-pyrrole nitrogens is 1. The highest BCUT2D eigenvalue weighted by atomic mass is 16.7. The summed E-state index contributed by atoms with van der Waals surface area (Å²) in [7, 11) is 0. The standard InChI is InChI=1S/C22H22N4O2/c1-15-5-7-16(8-6-15)20-24-22(28-25-20)10-13-26(14-11-22)21(27)18-3-2-4-19-17(18)9-12-23-19/h2-9,12,23H,10-11,13-14H2,1H3,(H,24,25). The van der Waals surface area contributed by atoms with Gasteiger partial charge in [0.25, 0.3) is 5.91 Å². The summed E-state index contributed by atoms with van der Waals surface area (Å²) in [4.78, 5) is 28.8. The lowest BCUT2D eigenvalue weighted by Gasteiger charge is -2.35. The number of amides is 1. The molecule has 0 aliphatic carbocycles. The molecule has 1 fully saturated rings. The van der Waals surface area contributed by atoms with Gasteiger partial charge in [-0.1, -0.05) is 35.9 Å². The molecular weight excluding hydrogens is 352 g/mol. The molecule has 0 unspecified atom stereocenters. The Kier molecular flexibility index (Phi) is 3.94. The summed E-state index contributed by atoms with van der Waals surface area (Å²) >= 11 is 0. The zero-order valence-electron chi connectivity index (χ0n) is 15.7. The molecule has 1 aromatic heterocycles. The fraction of sp³-hybridized carbons (Fsp3) is 0.273. The van der Waals surface area contributed by atoms with Gasteiger partial charge in [0.1, 0.15) is 0 Å². The van der Waals surface area contributed by atoms with E-state index in [0.29, 0.717) is 25.9 Å². The van der Waals surface area contributed by atoms with Crippen LogP contribution in [0, 0.1) is 6.92 Å². The molecule has 1 spiro atoms. The Hall–Kier alpha value is -3.12. The third-order valence-electron chi connectivity index (χ3n) is 5.64. The number of piperidine rings is 1. The number of carbonyl (C=O) groups is 1. The van der Waals surface area contributed by atoms with E-state index in [1.54, 1.807) is 0 Å². The molecule has 2 aliphatic rings. The molecule has 0 saturated carbocycles. The topological polar surface area (TPSA) is 69.7 Å². The molecule has 0 atom stereocenters. The van der Waals surface area contributed by atoms with Crippen molar-refractivity contribution in [3.8, 4) is 0 Å². The second-order valence-corrected chi connectivity index (χ2v) is 7.51. The van der Waals surface area contributed by atoms with E-state index in [-0.39, 0.29) is 5.91 Å². The van der Waals surface area contributed by atoms with E-state index in [9.17, 15) is 4.79 Å². The quantitative estimate of drug-likeness (QED) is 0.722. The van der Waals surface area contributed by atoms with Crippen LogP contribution in [0.25, 0.3) is 10.9 Å². The van der Waals surface area contributed by atoms with Gasteiger partial charge in [-0.25, -0.2) is 15.3 Å². The molecule has 1 saturated heterocycles. The number of aliphatic imine (C=N–C) groups is 1. The lowest BCUT2D eigenvalue weighted by Crippen LogP contribution is -2.46. The second kappa shape index (κ2) is 6.49. The van der Waals surface area contributed by atoms with Crippen LogP contribution in [0.2, 0.25) is 0 Å². The third kappa shape index (κ3) is 2.86. The number of benzene rings is 2. The van der Waals surface area contributed by atoms with Gasteiger partial charge in [-0.05, 0) is 25.1 Å². The summed E-state index contributed by atoms with van der Waals surface area (Å²) < 4.78 is 0. The van der Waals surface area contributed by atoms with Crippen LogP contribution in [0.5, 0.6) is 0 Å². The van der Waals surface area contributed by atoms with Crippen molar-refractivity contribution in [2.45, 2.75) is 25.5 Å². The summed E-state index contributed by atoms with van der Waals surface area (Å²) in [6.07, 6.45) is 3.21. The smallest absolute Gasteiger partial charge is 0.254 e. The van der Waals surface area contributed by atoms with E-state index in [4.69, 9.17) is 9.83 Å². The fourth-order valence-electron chi connectivity index (χ4n) is 3.94. The number of nitrogens with one attached hydrogen (secondary N) is 2. The van der Waals surface area contributed by atoms with Crippen molar-refractivity contribution < 1.29 is 9.63 Å². The Bertz CT molecular complexity index is 1060. The lowest BCUT2D eigenvalue weighted by molar-refractivity contribution is -0.0849. The molecular formula is C22H22N4O2. The molecule has 2 N–H and O–H groups in total. The Morgan fingerprint density at radius 1 is 1.11 bits per heavy atom. The van der Waals surface area contributed by atoms with Gasteiger partial charge in [-0.2, -0.15) is 0 Å². The molecule has 6 nitrogen and oxygen atoms in total. The van der Waals surface area contributed by atoms with E-state index in [0.717, 1.165) is 27.9 Å². The maximum absolute atomic E-state index is 13.1. The van der Waals surface area contributed by atoms with Crippen molar-refractivity contribution >= 4 is 22.6 Å². The van der Waals surface area contributed by atoms with E-state index < -0.39 is 5.72 Å². The van der Waals surface area contributed by atoms with Crippen molar-refractivity contribution in [1.29, 1.82) is 0 Å². The molecule has 142 valence electrons. The molecule has 0 bridgehead atoms. The van der Waals surface area contributed by atoms with Crippen LogP contribution in [-0.4, -0.2) is 40.4 Å². The maximum atomic E-state index is 13.1. The predicted molar refractivity (Wildman–Crippen MR) is 108 cm³/mol. The highest BCUT2D eigenvalue weighted by Crippen LogP contribution is 2.32. The summed E-state index contributed by atoms with van der Waals surface area (Å²) in [6, 6.07) is 16.0. The third-order valence-corrected chi connectivity index (χ3v) is 5.64. The molecule has 3 aromatic rings. The zero-order valence-corrected chi connectivity index (χ0v) is 15.7. The molecule has 5 rings (SSSR count). The number of hydrogen-bond donors (Lipinski definition) is 2. The van der Waals surface area contributed by atoms with Crippen LogP contribution in [0.1, 0.15) is 34.3 Å². The van der Waals surface area contributed by atoms with Crippen LogP contribution in [0.4, 0.5) is 0 Å². The van der Waals surface area contributed by atoms with E-state index >= 15 is 0 Å². The average Bonchev–Trinajstić information content (AvgIpc) is 3.36. The van der Waals surface area contributed by atoms with Crippen LogP contribution < -0.4 is 5.48 Å². The number of aromatic nitrogens is 1. The van der Waals surface area contributed by atoms with Gasteiger partial charge in [0.05, 0.1) is 0 Å². The van der Waals surface area contributed by atoms with Gasteiger partial charge in [-0.15, -0.1) is 0 Å². The van der Waals surface area contributed by atoms with E-state index in [2.05, 4.69) is 29.5 Å². The molecule has 6 heteroatoms. The Balaban J connectivity index is 1.32. The molecule has 3 heterocycles. The van der Waals surface area contributed by atoms with Crippen molar-refractivity contribution in [1.82, 2.24) is 15.4 Å². The first-order valence-electron chi connectivity index (χ1n) is 9.60. The summed E-state index contributed by atoms with van der Waals surface area (Å²) in [6.45, 7) is 3.30. The largest absolute Gasteiger partial charge is 0.361 e. The van der Waals surface area contributed by atoms with Crippen molar-refractivity contribution in [2.75, 3.05) is 13.1 Å². The average molecular weight is 374 g/mol. The van der Waals surface area contributed by atoms with Gasteiger partial charge in [-0.3, -0.25) is 4.79 Å². The molecule has 0 radical (unpaired) electrons. The number of fused-ring (bicyclic) bond motifs is 1. The SMILES string of the molecule is Cc1ccc(C2=NC3(CCN(C(=O)c4cccc5[nH]ccc45)CC3)ON2)cc1. The number of nitrogens with zero attached hydrogens (tertiary/aromatic N) is 2. The van der Waals surface area contributed by atoms with Crippen LogP contribution in [0.3, 0.4) is 0 Å². The molecule has 1 amide bonds. The summed E-state index contributed by atoms with van der Waals surface area (Å²) in [5.41, 5.74) is 6.35. The normalized spacial score (nSPS) is 18.3. The minimum absolute atomic E-state index is 0.0637. The number of hydroxylamine groups is 1. The lowest BCUT2D eigenvalue weighted by atomic mass is 9.99. The number of hydrogen-bond acceptors (Lipinski definition) is 4. The van der Waals surface area contributed by atoms with Gasteiger partial charge in [0.2, 0.25) is 0 Å². The highest BCUT2D eigenvalue weighted by Gasteiger charge is 2.41. The number of likely N-dealkylation sites (tertiary alicyclic amines) is 1. The maximum Gasteiger partial charge on any atom is 0.254 e. The minimum atomic E-state index is -0.586. The summed E-state index contributed by atoms with van der Waals surface area (Å²) in [5.74, 6) is 0.825. The Labute approximate surface area is 163 Å². The fourth-order valence-corrected chi connectivity index (χ4v) is 3.94. The predicted octanol–water partition coefficient (Wildman–Crippen LogP) is 3.39. The van der Waals surface area contributed by atoms with Crippen LogP contribution in [-0.2, 0) is 4.84 Å². The first-order chi connectivity index (χ1) is 13.6. The Morgan fingerprint density at radius 2 is 1.89 bits per heavy atom. The molecule has 2 aliphatic heterocycles. The van der Waals surface area contributed by atoms with E-state index in [1.165, 1.54) is 5.56 Å². The summed E-state index contributed by atoms with van der Waals surface area (Å²) in [5, 5.41) is 0.964. The Morgan fingerprint density at radius 3 is 2.68 bits per heavy atom. The number of aryl methyl sites for hydroxylation is 1. The van der Waals surface area contributed by atoms with Crippen molar-refractivity contribution in [3.05, 3.63) is 71.4 Å². The number of amidine groups is 1. The van der Waals surface area contributed by atoms with Gasteiger partial charge >= 0.3 is 0 Å². The van der Waals surface area contributed by atoms with E-state index in [1.807, 2.05) is 47.5 Å². The highest BCUT2D eigenvalue weighted by molar-refractivity contribution is 6.06. The number of rotatable bonds is 2. The van der Waals surface area contributed by atoms with Gasteiger partial charge in [0.15, 0.2) is 11.6 Å². The first kappa shape index (κ1) is 17.0. The molecule has 2 aromatic carbocycles. The van der Waals surface area contributed by atoms with Crippen LogP contribution in [0.15, 0.2) is 59.7 Å². The monoisotopic (exact) mass is 374 g/mol. The first-order valence-corrected chi connectivity index (χ1v) is 9.60. The van der Waals surface area contributed by atoms with Gasteiger partial charge < -0.3 is 9.88 Å². The van der Waals surface area contributed by atoms with Crippen LogP contribution >= 0.6 is 0 Å². The number of carbonyl (C=O) groups excluding carboxylic acids is 1. The van der Waals surface area contributed by atoms with Gasteiger partial charge in [0, 0.05) is 54.2 Å². The van der Waals surface area contributed by atoms with Crippen molar-refractivity contribution in [3.63, 3.8) is 0 Å².